The van der Waals surface area contributed by atoms with Gasteiger partial charge in [-0.05, 0) is 18.1 Å². The molecule has 0 fully saturated rings. The summed E-state index contributed by atoms with van der Waals surface area (Å²) in [5.41, 5.74) is 6.02. The molecule has 18 heavy (non-hydrogen) atoms. The molecule has 0 aliphatic rings. The third kappa shape index (κ3) is 5.09. The Balaban J connectivity index is 2.46. The van der Waals surface area contributed by atoms with Crippen LogP contribution in [0.4, 0.5) is 5.82 Å². The van der Waals surface area contributed by atoms with Crippen LogP contribution in [0, 0.1) is 5.92 Å². The van der Waals surface area contributed by atoms with Crippen molar-refractivity contribution in [3.8, 4) is 0 Å². The average molecular weight is 266 g/mol. The topological polar surface area (TPSA) is 80.0 Å². The first-order chi connectivity index (χ1) is 8.49. The van der Waals surface area contributed by atoms with Gasteiger partial charge in [-0.2, -0.15) is 0 Å². The largest absolute Gasteiger partial charge is 0.388 e. The summed E-state index contributed by atoms with van der Waals surface area (Å²) in [7, 11) is 0. The van der Waals surface area contributed by atoms with Crippen molar-refractivity contribution in [3.05, 3.63) is 23.9 Å². The number of hydrogen-bond acceptors (Lipinski definition) is 4. The summed E-state index contributed by atoms with van der Waals surface area (Å²) in [5, 5.41) is 5.74. The lowest BCUT2D eigenvalue weighted by Crippen LogP contribution is -2.32. The smallest absolute Gasteiger partial charge is 0.239 e. The molecule has 0 radical (unpaired) electrons. The van der Waals surface area contributed by atoms with Crippen LogP contribution in [0.5, 0.6) is 0 Å². The zero-order valence-corrected chi connectivity index (χ0v) is 11.4. The van der Waals surface area contributed by atoms with Crippen molar-refractivity contribution in [2.24, 2.45) is 11.7 Å². The first-order valence-electron chi connectivity index (χ1n) is 5.76. The standard InChI is InChI=1S/C12H18N4OS/c1-8(2)6-15-11(17)7-14-10-5-3-4-9(16-10)12(13)18/h3-5,8H,6-7H2,1-2H3,(H2,13,18)(H,14,16)(H,15,17). The molecular formula is C12H18N4OS. The summed E-state index contributed by atoms with van der Waals surface area (Å²) >= 11 is 4.84. The van der Waals surface area contributed by atoms with Crippen molar-refractivity contribution in [1.82, 2.24) is 10.3 Å². The molecule has 0 aliphatic carbocycles. The molecule has 0 saturated carbocycles. The highest BCUT2D eigenvalue weighted by Crippen LogP contribution is 2.04. The van der Waals surface area contributed by atoms with Gasteiger partial charge in [0.05, 0.1) is 12.2 Å². The predicted octanol–water partition coefficient (Wildman–Crippen LogP) is 0.900. The fraction of sp³-hybridized carbons (Fsp3) is 0.417. The Labute approximate surface area is 112 Å². The van der Waals surface area contributed by atoms with Gasteiger partial charge in [-0.25, -0.2) is 4.98 Å². The van der Waals surface area contributed by atoms with Gasteiger partial charge in [0.2, 0.25) is 5.91 Å². The van der Waals surface area contributed by atoms with Crippen LogP contribution in [0.3, 0.4) is 0 Å². The van der Waals surface area contributed by atoms with E-state index in [-0.39, 0.29) is 17.4 Å². The summed E-state index contributed by atoms with van der Waals surface area (Å²) in [5.74, 6) is 0.955. The maximum absolute atomic E-state index is 11.5. The molecule has 1 aromatic rings. The molecule has 98 valence electrons. The minimum atomic E-state index is -0.0637. The lowest BCUT2D eigenvalue weighted by Gasteiger charge is -2.09. The van der Waals surface area contributed by atoms with Gasteiger partial charge in [0, 0.05) is 6.54 Å². The minimum Gasteiger partial charge on any atom is -0.388 e. The third-order valence-corrected chi connectivity index (χ3v) is 2.35. The van der Waals surface area contributed by atoms with Crippen molar-refractivity contribution < 1.29 is 4.79 Å². The lowest BCUT2D eigenvalue weighted by atomic mass is 10.2. The van der Waals surface area contributed by atoms with E-state index >= 15 is 0 Å². The molecule has 4 N–H and O–H groups in total. The fourth-order valence-corrected chi connectivity index (χ4v) is 1.34. The van der Waals surface area contributed by atoms with Crippen molar-refractivity contribution in [2.45, 2.75) is 13.8 Å². The van der Waals surface area contributed by atoms with E-state index < -0.39 is 0 Å². The van der Waals surface area contributed by atoms with Crippen LogP contribution in [0.1, 0.15) is 19.5 Å². The third-order valence-electron chi connectivity index (χ3n) is 2.14. The van der Waals surface area contributed by atoms with Gasteiger partial charge in [0.15, 0.2) is 0 Å². The van der Waals surface area contributed by atoms with Gasteiger partial charge in [0.25, 0.3) is 0 Å². The van der Waals surface area contributed by atoms with Gasteiger partial charge in [-0.3, -0.25) is 4.79 Å². The first-order valence-corrected chi connectivity index (χ1v) is 6.17. The zero-order chi connectivity index (χ0) is 13.5. The highest BCUT2D eigenvalue weighted by Gasteiger charge is 2.04. The molecular weight excluding hydrogens is 248 g/mol. The van der Waals surface area contributed by atoms with Crippen molar-refractivity contribution in [3.63, 3.8) is 0 Å². The molecule has 0 atom stereocenters. The predicted molar refractivity (Wildman–Crippen MR) is 76.5 cm³/mol. The molecule has 6 heteroatoms. The Kier molecular flexibility index (Phi) is 5.51. The maximum Gasteiger partial charge on any atom is 0.239 e. The Bertz CT molecular complexity index is 434. The number of carbonyl (C=O) groups is 1. The molecule has 0 unspecified atom stereocenters. The number of carbonyl (C=O) groups excluding carboxylic acids is 1. The Morgan fingerprint density at radius 1 is 1.50 bits per heavy atom. The number of nitrogens with zero attached hydrogens (tertiary/aromatic N) is 1. The number of anilines is 1. The lowest BCUT2D eigenvalue weighted by molar-refractivity contribution is -0.119. The number of thiocarbonyl (C=S) groups is 1. The van der Waals surface area contributed by atoms with E-state index in [2.05, 4.69) is 15.6 Å². The van der Waals surface area contributed by atoms with Crippen LogP contribution in [-0.2, 0) is 4.79 Å². The molecule has 1 aromatic heterocycles. The molecule has 1 rings (SSSR count). The first kappa shape index (κ1) is 14.4. The number of pyridine rings is 1. The van der Waals surface area contributed by atoms with Gasteiger partial charge in [-0.15, -0.1) is 0 Å². The molecule has 0 spiro atoms. The fourth-order valence-electron chi connectivity index (χ4n) is 1.22. The van der Waals surface area contributed by atoms with Gasteiger partial charge < -0.3 is 16.4 Å². The second kappa shape index (κ2) is 6.90. The zero-order valence-electron chi connectivity index (χ0n) is 10.6. The minimum absolute atomic E-state index is 0.0637. The Morgan fingerprint density at radius 3 is 2.83 bits per heavy atom. The molecule has 0 aromatic carbocycles. The number of aromatic nitrogens is 1. The summed E-state index contributed by atoms with van der Waals surface area (Å²) < 4.78 is 0. The second-order valence-corrected chi connectivity index (χ2v) is 4.76. The Hall–Kier alpha value is -1.69. The van der Waals surface area contributed by atoms with E-state index in [9.17, 15) is 4.79 Å². The van der Waals surface area contributed by atoms with Crippen LogP contribution >= 0.6 is 12.2 Å². The number of nitrogens with one attached hydrogen (secondary N) is 2. The van der Waals surface area contributed by atoms with E-state index in [0.717, 1.165) is 0 Å². The van der Waals surface area contributed by atoms with Crippen molar-refractivity contribution in [2.75, 3.05) is 18.4 Å². The molecule has 0 bridgehead atoms. The SMILES string of the molecule is CC(C)CNC(=O)CNc1cccc(C(N)=S)n1. The van der Waals surface area contributed by atoms with E-state index in [4.69, 9.17) is 18.0 Å². The number of rotatable bonds is 6. The normalized spacial score (nSPS) is 10.2. The number of nitrogens with two attached hydrogens (primary N) is 1. The number of hydrogen-bond donors (Lipinski definition) is 3. The molecule has 0 aliphatic heterocycles. The molecule has 0 saturated heterocycles. The van der Waals surface area contributed by atoms with Crippen LogP contribution in [0.15, 0.2) is 18.2 Å². The van der Waals surface area contributed by atoms with Crippen molar-refractivity contribution in [1.29, 1.82) is 0 Å². The maximum atomic E-state index is 11.5. The van der Waals surface area contributed by atoms with Crippen LogP contribution in [-0.4, -0.2) is 29.0 Å². The van der Waals surface area contributed by atoms with E-state index in [1.54, 1.807) is 18.2 Å². The van der Waals surface area contributed by atoms with Gasteiger partial charge in [-0.1, -0.05) is 32.1 Å². The Morgan fingerprint density at radius 2 is 2.22 bits per heavy atom. The van der Waals surface area contributed by atoms with Crippen LogP contribution in [0.25, 0.3) is 0 Å². The number of amides is 1. The van der Waals surface area contributed by atoms with Gasteiger partial charge >= 0.3 is 0 Å². The quantitative estimate of drug-likeness (QED) is 0.667. The van der Waals surface area contributed by atoms with E-state index in [0.29, 0.717) is 24.0 Å². The van der Waals surface area contributed by atoms with Gasteiger partial charge in [0.1, 0.15) is 10.8 Å². The summed E-state index contributed by atoms with van der Waals surface area (Å²) in [6.07, 6.45) is 0. The van der Waals surface area contributed by atoms with E-state index in [1.807, 2.05) is 13.8 Å². The molecule has 1 amide bonds. The monoisotopic (exact) mass is 266 g/mol. The van der Waals surface area contributed by atoms with Crippen LogP contribution in [0.2, 0.25) is 0 Å². The summed E-state index contributed by atoms with van der Waals surface area (Å²) in [6, 6.07) is 5.28. The molecule has 1 heterocycles. The van der Waals surface area contributed by atoms with E-state index in [1.165, 1.54) is 0 Å². The summed E-state index contributed by atoms with van der Waals surface area (Å²) in [4.78, 5) is 15.9. The second-order valence-electron chi connectivity index (χ2n) is 4.32. The molecule has 5 nitrogen and oxygen atoms in total. The highest BCUT2D eigenvalue weighted by atomic mass is 32.1. The summed E-state index contributed by atoms with van der Waals surface area (Å²) in [6.45, 7) is 4.93. The average Bonchev–Trinajstić information content (AvgIpc) is 2.34. The highest BCUT2D eigenvalue weighted by molar-refractivity contribution is 7.80. The van der Waals surface area contributed by atoms with Crippen LogP contribution < -0.4 is 16.4 Å². The van der Waals surface area contributed by atoms with Crippen molar-refractivity contribution >= 4 is 28.9 Å².